The van der Waals surface area contributed by atoms with Crippen LogP contribution in [0.25, 0.3) is 0 Å². The van der Waals surface area contributed by atoms with E-state index >= 15 is 0 Å². The van der Waals surface area contributed by atoms with Gasteiger partial charge in [0.2, 0.25) is 0 Å². The molecule has 0 radical (unpaired) electrons. The van der Waals surface area contributed by atoms with Crippen LogP contribution in [0.2, 0.25) is 0 Å². The topological polar surface area (TPSA) is 36.3 Å². The molecule has 3 nitrogen and oxygen atoms in total. The Morgan fingerprint density at radius 2 is 2.56 bits per heavy atom. The van der Waals surface area contributed by atoms with Gasteiger partial charge in [0.05, 0.1) is 25.8 Å². The van der Waals surface area contributed by atoms with Crippen molar-refractivity contribution in [3.05, 3.63) is 0 Å². The molecule has 1 aliphatic heterocycles. The third-order valence-electron chi connectivity index (χ3n) is 1.38. The van der Waals surface area contributed by atoms with E-state index in [2.05, 4.69) is 6.19 Å². The van der Waals surface area contributed by atoms with Gasteiger partial charge < -0.3 is 9.64 Å². The van der Waals surface area contributed by atoms with E-state index in [1.54, 1.807) is 4.90 Å². The van der Waals surface area contributed by atoms with Crippen LogP contribution in [0, 0.1) is 11.5 Å². The van der Waals surface area contributed by atoms with Gasteiger partial charge in [-0.1, -0.05) is 0 Å². The predicted molar refractivity (Wildman–Crippen MR) is 32.6 cm³/mol. The summed E-state index contributed by atoms with van der Waals surface area (Å²) in [6.45, 7) is 4.16. The molecule has 0 N–H and O–H groups in total. The summed E-state index contributed by atoms with van der Waals surface area (Å²) in [5.41, 5.74) is 0. The van der Waals surface area contributed by atoms with E-state index in [1.807, 2.05) is 6.92 Å². The molecular formula is C6H10N2O. The van der Waals surface area contributed by atoms with E-state index in [0.717, 1.165) is 13.1 Å². The van der Waals surface area contributed by atoms with Crippen LogP contribution in [-0.2, 0) is 4.74 Å². The summed E-state index contributed by atoms with van der Waals surface area (Å²) in [5, 5.41) is 8.43. The molecule has 0 aromatic heterocycles. The lowest BCUT2D eigenvalue weighted by Gasteiger charge is -2.26. The molecule has 0 spiro atoms. The largest absolute Gasteiger partial charge is 0.375 e. The first-order chi connectivity index (χ1) is 4.33. The van der Waals surface area contributed by atoms with Crippen LogP contribution in [-0.4, -0.2) is 30.7 Å². The highest BCUT2D eigenvalue weighted by molar-refractivity contribution is 4.78. The summed E-state index contributed by atoms with van der Waals surface area (Å²) < 4.78 is 5.22. The number of hydrogen-bond donors (Lipinski definition) is 0. The smallest absolute Gasteiger partial charge is 0.179 e. The van der Waals surface area contributed by atoms with Crippen molar-refractivity contribution in [3.63, 3.8) is 0 Å². The molecule has 1 aliphatic rings. The predicted octanol–water partition coefficient (Wildman–Crippen LogP) is 0.188. The van der Waals surface area contributed by atoms with Gasteiger partial charge >= 0.3 is 0 Å². The quantitative estimate of drug-likeness (QED) is 0.435. The van der Waals surface area contributed by atoms with E-state index in [-0.39, 0.29) is 6.10 Å². The molecular weight excluding hydrogens is 116 g/mol. The molecule has 3 heteroatoms. The van der Waals surface area contributed by atoms with Gasteiger partial charge in [0, 0.05) is 0 Å². The van der Waals surface area contributed by atoms with Crippen molar-refractivity contribution >= 4 is 0 Å². The van der Waals surface area contributed by atoms with Gasteiger partial charge in [0.25, 0.3) is 0 Å². The fourth-order valence-electron chi connectivity index (χ4n) is 0.909. The fraction of sp³-hybridized carbons (Fsp3) is 0.833. The molecule has 1 atom stereocenters. The highest BCUT2D eigenvalue weighted by Crippen LogP contribution is 2.01. The average molecular weight is 126 g/mol. The summed E-state index contributed by atoms with van der Waals surface area (Å²) in [5.74, 6) is 0. The van der Waals surface area contributed by atoms with E-state index in [9.17, 15) is 0 Å². The Morgan fingerprint density at radius 1 is 1.78 bits per heavy atom. The average Bonchev–Trinajstić information content (AvgIpc) is 1.88. The van der Waals surface area contributed by atoms with Crippen LogP contribution in [0.15, 0.2) is 0 Å². The monoisotopic (exact) mass is 126 g/mol. The zero-order valence-corrected chi connectivity index (χ0v) is 5.50. The summed E-state index contributed by atoms with van der Waals surface area (Å²) in [6.07, 6.45) is 2.31. The maximum absolute atomic E-state index is 8.43. The lowest BCUT2D eigenvalue weighted by molar-refractivity contribution is 0.00151. The fourth-order valence-corrected chi connectivity index (χ4v) is 0.909. The summed E-state index contributed by atoms with van der Waals surface area (Å²) in [7, 11) is 0. The highest BCUT2D eigenvalue weighted by Gasteiger charge is 2.13. The SMILES string of the molecule is CC1CN(C#N)CCO1. The zero-order chi connectivity index (χ0) is 6.69. The second-order valence-corrected chi connectivity index (χ2v) is 2.23. The molecule has 0 amide bonds. The van der Waals surface area contributed by atoms with Crippen molar-refractivity contribution < 1.29 is 4.74 Å². The first kappa shape index (κ1) is 6.37. The number of hydrogen-bond acceptors (Lipinski definition) is 3. The standard InChI is InChI=1S/C6H10N2O/c1-6-4-8(5-7)2-3-9-6/h6H,2-4H2,1H3. The van der Waals surface area contributed by atoms with E-state index in [1.165, 1.54) is 0 Å². The lowest BCUT2D eigenvalue weighted by atomic mass is 10.3. The third-order valence-corrected chi connectivity index (χ3v) is 1.38. The Morgan fingerprint density at radius 3 is 3.00 bits per heavy atom. The van der Waals surface area contributed by atoms with Gasteiger partial charge in [-0.05, 0) is 6.92 Å². The molecule has 50 valence electrons. The molecule has 9 heavy (non-hydrogen) atoms. The van der Waals surface area contributed by atoms with Crippen LogP contribution in [0.4, 0.5) is 0 Å². The van der Waals surface area contributed by atoms with Crippen molar-refractivity contribution in [2.24, 2.45) is 0 Å². The number of nitrogens with zero attached hydrogens (tertiary/aromatic N) is 2. The minimum Gasteiger partial charge on any atom is -0.375 e. The van der Waals surface area contributed by atoms with Crippen LogP contribution in [0.1, 0.15) is 6.92 Å². The van der Waals surface area contributed by atoms with Crippen molar-refractivity contribution in [1.29, 1.82) is 5.26 Å². The number of rotatable bonds is 0. The van der Waals surface area contributed by atoms with Crippen molar-refractivity contribution in [2.75, 3.05) is 19.7 Å². The first-order valence-corrected chi connectivity index (χ1v) is 3.09. The second-order valence-electron chi connectivity index (χ2n) is 2.23. The Balaban J connectivity index is 2.34. The second kappa shape index (κ2) is 2.70. The van der Waals surface area contributed by atoms with Crippen LogP contribution in [0.5, 0.6) is 0 Å². The molecule has 1 fully saturated rings. The summed E-state index contributed by atoms with van der Waals surface area (Å²) in [6, 6.07) is 0. The van der Waals surface area contributed by atoms with Gasteiger partial charge in [0.15, 0.2) is 6.19 Å². The van der Waals surface area contributed by atoms with Crippen molar-refractivity contribution in [2.45, 2.75) is 13.0 Å². The Hall–Kier alpha value is -0.750. The minimum atomic E-state index is 0.221. The van der Waals surface area contributed by atoms with Gasteiger partial charge in [-0.15, -0.1) is 0 Å². The van der Waals surface area contributed by atoms with Gasteiger partial charge in [0.1, 0.15) is 0 Å². The van der Waals surface area contributed by atoms with Gasteiger partial charge in [-0.2, -0.15) is 5.26 Å². The highest BCUT2D eigenvalue weighted by atomic mass is 16.5. The summed E-state index contributed by atoms with van der Waals surface area (Å²) >= 11 is 0. The Bertz CT molecular complexity index is 130. The maximum Gasteiger partial charge on any atom is 0.179 e. The molecule has 1 rings (SSSR count). The van der Waals surface area contributed by atoms with E-state index in [0.29, 0.717) is 6.61 Å². The van der Waals surface area contributed by atoms with Crippen LogP contribution in [0.3, 0.4) is 0 Å². The first-order valence-electron chi connectivity index (χ1n) is 3.09. The third kappa shape index (κ3) is 1.58. The van der Waals surface area contributed by atoms with Crippen molar-refractivity contribution in [3.8, 4) is 6.19 Å². The zero-order valence-electron chi connectivity index (χ0n) is 5.50. The van der Waals surface area contributed by atoms with Gasteiger partial charge in [-0.3, -0.25) is 0 Å². The molecule has 0 bridgehead atoms. The van der Waals surface area contributed by atoms with E-state index in [4.69, 9.17) is 10.00 Å². The molecule has 1 heterocycles. The lowest BCUT2D eigenvalue weighted by Crippen LogP contribution is -2.37. The molecule has 1 unspecified atom stereocenters. The van der Waals surface area contributed by atoms with E-state index < -0.39 is 0 Å². The number of morpholine rings is 1. The molecule has 0 aromatic carbocycles. The number of nitriles is 1. The van der Waals surface area contributed by atoms with Crippen molar-refractivity contribution in [1.82, 2.24) is 4.90 Å². The molecule has 0 aromatic rings. The molecule has 0 aliphatic carbocycles. The van der Waals surface area contributed by atoms with Gasteiger partial charge in [-0.25, -0.2) is 0 Å². The normalized spacial score (nSPS) is 27.6. The molecule has 1 saturated heterocycles. The Kier molecular flexibility index (Phi) is 1.91. The number of ether oxygens (including phenoxy) is 1. The van der Waals surface area contributed by atoms with Crippen LogP contribution < -0.4 is 0 Å². The maximum atomic E-state index is 8.43. The Labute approximate surface area is 54.8 Å². The minimum absolute atomic E-state index is 0.221. The van der Waals surface area contributed by atoms with Crippen LogP contribution >= 0.6 is 0 Å². The summed E-state index contributed by atoms with van der Waals surface area (Å²) in [4.78, 5) is 1.72. The molecule has 0 saturated carbocycles.